The Labute approximate surface area is 108 Å². The molecule has 1 atom stereocenters. The Morgan fingerprint density at radius 1 is 1.00 bits per heavy atom. The van der Waals surface area contributed by atoms with E-state index < -0.39 is 0 Å². The highest BCUT2D eigenvalue weighted by Gasteiger charge is 2.29. The van der Waals surface area contributed by atoms with Gasteiger partial charge in [-0.3, -0.25) is 0 Å². The fourth-order valence-electron chi connectivity index (χ4n) is 3.02. The topological polar surface area (TPSA) is 20.2 Å². The summed E-state index contributed by atoms with van der Waals surface area (Å²) in [6.07, 6.45) is 1.47. The summed E-state index contributed by atoms with van der Waals surface area (Å²) in [6.45, 7) is 2.05. The van der Waals surface area contributed by atoms with Gasteiger partial charge >= 0.3 is 0 Å². The molecule has 0 aliphatic heterocycles. The standard InChI is InChI=1S/C17H18O/c1-2-16(18)17-14-9-5-3-7-12(14)11-13-8-4-6-10-15(13)17/h3-10,16-18H,2,11H2,1H3. The molecule has 2 aromatic rings. The van der Waals surface area contributed by atoms with Crippen LogP contribution in [0.2, 0.25) is 0 Å². The molecule has 1 N–H and O–H groups in total. The molecule has 0 radical (unpaired) electrons. The first kappa shape index (κ1) is 11.5. The molecule has 0 saturated heterocycles. The van der Waals surface area contributed by atoms with Crippen LogP contribution in [0.1, 0.15) is 41.5 Å². The quantitative estimate of drug-likeness (QED) is 0.849. The minimum absolute atomic E-state index is 0.135. The highest BCUT2D eigenvalue weighted by atomic mass is 16.3. The van der Waals surface area contributed by atoms with Crippen molar-refractivity contribution in [2.75, 3.05) is 0 Å². The van der Waals surface area contributed by atoms with Crippen LogP contribution in [-0.4, -0.2) is 11.2 Å². The second-order valence-electron chi connectivity index (χ2n) is 5.03. The molecule has 92 valence electrons. The predicted octanol–water partition coefficient (Wildman–Crippen LogP) is 3.49. The van der Waals surface area contributed by atoms with Crippen molar-refractivity contribution in [1.82, 2.24) is 0 Å². The van der Waals surface area contributed by atoms with Crippen molar-refractivity contribution in [3.8, 4) is 0 Å². The van der Waals surface area contributed by atoms with E-state index in [2.05, 4.69) is 48.5 Å². The SMILES string of the molecule is CCC(O)C1c2ccccc2Cc2ccccc21. The van der Waals surface area contributed by atoms with Gasteiger partial charge in [0.15, 0.2) is 0 Å². The first-order valence-electron chi connectivity index (χ1n) is 6.65. The minimum Gasteiger partial charge on any atom is -0.392 e. The summed E-state index contributed by atoms with van der Waals surface area (Å²) in [5, 5.41) is 10.4. The van der Waals surface area contributed by atoms with Gasteiger partial charge < -0.3 is 5.11 Å². The van der Waals surface area contributed by atoms with Gasteiger partial charge in [0.2, 0.25) is 0 Å². The number of aliphatic hydroxyl groups is 1. The van der Waals surface area contributed by atoms with Crippen molar-refractivity contribution in [1.29, 1.82) is 0 Å². The number of rotatable bonds is 2. The summed E-state index contributed by atoms with van der Waals surface area (Å²) in [5.41, 5.74) is 5.30. The number of hydrogen-bond acceptors (Lipinski definition) is 1. The summed E-state index contributed by atoms with van der Waals surface area (Å²) >= 11 is 0. The van der Waals surface area contributed by atoms with E-state index in [9.17, 15) is 5.11 Å². The van der Waals surface area contributed by atoms with Gasteiger partial charge in [0.1, 0.15) is 0 Å². The lowest BCUT2D eigenvalue weighted by molar-refractivity contribution is 0.151. The third-order valence-electron chi connectivity index (χ3n) is 3.96. The van der Waals surface area contributed by atoms with Gasteiger partial charge in [-0.2, -0.15) is 0 Å². The summed E-state index contributed by atoms with van der Waals surface area (Å²) in [5.74, 6) is 0.135. The highest BCUT2D eigenvalue weighted by Crippen LogP contribution is 2.39. The Bertz CT molecular complexity index is 514. The van der Waals surface area contributed by atoms with Gasteiger partial charge in [-0.25, -0.2) is 0 Å². The molecule has 0 fully saturated rings. The van der Waals surface area contributed by atoms with E-state index in [0.717, 1.165) is 12.8 Å². The molecule has 3 rings (SSSR count). The monoisotopic (exact) mass is 238 g/mol. The summed E-state index contributed by atoms with van der Waals surface area (Å²) in [4.78, 5) is 0. The van der Waals surface area contributed by atoms with Crippen LogP contribution in [0.25, 0.3) is 0 Å². The van der Waals surface area contributed by atoms with Gasteiger partial charge in [-0.05, 0) is 35.1 Å². The van der Waals surface area contributed by atoms with E-state index in [1.165, 1.54) is 22.3 Å². The molecule has 0 heterocycles. The minimum atomic E-state index is -0.299. The van der Waals surface area contributed by atoms with Crippen LogP contribution in [0.15, 0.2) is 48.5 Å². The van der Waals surface area contributed by atoms with Crippen LogP contribution in [0.4, 0.5) is 0 Å². The van der Waals surface area contributed by atoms with Crippen molar-refractivity contribution in [2.24, 2.45) is 0 Å². The van der Waals surface area contributed by atoms with E-state index in [4.69, 9.17) is 0 Å². The fraction of sp³-hybridized carbons (Fsp3) is 0.294. The molecule has 0 spiro atoms. The zero-order chi connectivity index (χ0) is 12.5. The Hall–Kier alpha value is -1.60. The van der Waals surface area contributed by atoms with Crippen molar-refractivity contribution in [3.05, 3.63) is 70.8 Å². The van der Waals surface area contributed by atoms with Crippen LogP contribution >= 0.6 is 0 Å². The maximum Gasteiger partial charge on any atom is 0.0646 e. The third kappa shape index (κ3) is 1.75. The lowest BCUT2D eigenvalue weighted by atomic mass is 9.75. The molecule has 1 heteroatoms. The molecular weight excluding hydrogens is 220 g/mol. The summed E-state index contributed by atoms with van der Waals surface area (Å²) in [6, 6.07) is 17.0. The number of aliphatic hydroxyl groups excluding tert-OH is 1. The lowest BCUT2D eigenvalue weighted by Crippen LogP contribution is -2.24. The van der Waals surface area contributed by atoms with Crippen LogP contribution in [0.5, 0.6) is 0 Å². The number of fused-ring (bicyclic) bond motifs is 2. The Balaban J connectivity index is 2.17. The average molecular weight is 238 g/mol. The third-order valence-corrected chi connectivity index (χ3v) is 3.96. The molecule has 1 aliphatic rings. The predicted molar refractivity (Wildman–Crippen MR) is 73.8 cm³/mol. The molecule has 1 aliphatic carbocycles. The van der Waals surface area contributed by atoms with Gasteiger partial charge in [0.25, 0.3) is 0 Å². The normalized spacial score (nSPS) is 15.9. The maximum atomic E-state index is 10.4. The molecule has 0 saturated carbocycles. The van der Waals surface area contributed by atoms with Crippen LogP contribution in [0.3, 0.4) is 0 Å². The Kier molecular flexibility index (Phi) is 2.92. The first-order chi connectivity index (χ1) is 8.81. The molecular formula is C17H18O. The largest absolute Gasteiger partial charge is 0.392 e. The van der Waals surface area contributed by atoms with Gasteiger partial charge in [0, 0.05) is 5.92 Å². The molecule has 0 bridgehead atoms. The smallest absolute Gasteiger partial charge is 0.0646 e. The van der Waals surface area contributed by atoms with Gasteiger partial charge in [0.05, 0.1) is 6.10 Å². The second kappa shape index (κ2) is 4.58. The van der Waals surface area contributed by atoms with Crippen LogP contribution in [-0.2, 0) is 6.42 Å². The molecule has 1 unspecified atom stereocenters. The Morgan fingerprint density at radius 3 is 2.00 bits per heavy atom. The lowest BCUT2D eigenvalue weighted by Gasteiger charge is -2.31. The van der Waals surface area contributed by atoms with Crippen LogP contribution < -0.4 is 0 Å². The fourth-order valence-corrected chi connectivity index (χ4v) is 3.02. The second-order valence-corrected chi connectivity index (χ2v) is 5.03. The Morgan fingerprint density at radius 2 is 1.50 bits per heavy atom. The van der Waals surface area contributed by atoms with E-state index in [-0.39, 0.29) is 12.0 Å². The van der Waals surface area contributed by atoms with E-state index in [1.807, 2.05) is 6.92 Å². The van der Waals surface area contributed by atoms with Crippen molar-refractivity contribution in [3.63, 3.8) is 0 Å². The van der Waals surface area contributed by atoms with Crippen molar-refractivity contribution >= 4 is 0 Å². The van der Waals surface area contributed by atoms with Gasteiger partial charge in [-0.1, -0.05) is 55.5 Å². The zero-order valence-electron chi connectivity index (χ0n) is 10.6. The molecule has 0 aromatic heterocycles. The molecule has 0 amide bonds. The van der Waals surface area contributed by atoms with Crippen molar-refractivity contribution < 1.29 is 5.11 Å². The first-order valence-corrected chi connectivity index (χ1v) is 6.65. The number of hydrogen-bond donors (Lipinski definition) is 1. The van der Waals surface area contributed by atoms with E-state index >= 15 is 0 Å². The molecule has 2 aromatic carbocycles. The molecule has 1 nitrogen and oxygen atoms in total. The van der Waals surface area contributed by atoms with E-state index in [0.29, 0.717) is 0 Å². The summed E-state index contributed by atoms with van der Waals surface area (Å²) < 4.78 is 0. The van der Waals surface area contributed by atoms with Crippen LogP contribution in [0, 0.1) is 0 Å². The zero-order valence-corrected chi connectivity index (χ0v) is 10.6. The van der Waals surface area contributed by atoms with Crippen molar-refractivity contribution in [2.45, 2.75) is 31.8 Å². The summed E-state index contributed by atoms with van der Waals surface area (Å²) in [7, 11) is 0. The van der Waals surface area contributed by atoms with E-state index in [1.54, 1.807) is 0 Å². The van der Waals surface area contributed by atoms with Gasteiger partial charge in [-0.15, -0.1) is 0 Å². The highest BCUT2D eigenvalue weighted by molar-refractivity contribution is 5.49. The number of benzene rings is 2. The maximum absolute atomic E-state index is 10.4. The average Bonchev–Trinajstić information content (AvgIpc) is 2.44. The molecule has 18 heavy (non-hydrogen) atoms.